The third-order valence-electron chi connectivity index (χ3n) is 2.22. The Labute approximate surface area is 116 Å². The quantitative estimate of drug-likeness (QED) is 0.619. The van der Waals surface area contributed by atoms with E-state index in [0.717, 1.165) is 5.56 Å². The molecule has 0 unspecified atom stereocenters. The van der Waals surface area contributed by atoms with E-state index in [2.05, 4.69) is 37.6 Å². The Morgan fingerprint density at radius 3 is 2.37 bits per heavy atom. The number of nitrogens with zero attached hydrogens (tertiary/aromatic N) is 1. The van der Waals surface area contributed by atoms with Crippen molar-refractivity contribution in [1.82, 2.24) is 0 Å². The fourth-order valence-electron chi connectivity index (χ4n) is 1.58. The first kappa shape index (κ1) is 15.2. The standard InChI is InChI=1S/C16H19NOSi/c1-16(14-17,18-19(2,3)4)13-9-8-12-15-10-6-5-7-11-15/h5-7,9-11,13H,1-4H3/b13-9+/t16-/m0/s1. The summed E-state index contributed by atoms with van der Waals surface area (Å²) in [5, 5.41) is 9.21. The first-order chi connectivity index (χ1) is 8.85. The van der Waals surface area contributed by atoms with Crippen molar-refractivity contribution in [3.05, 3.63) is 48.0 Å². The number of hydrogen-bond donors (Lipinski definition) is 0. The molecule has 0 radical (unpaired) electrons. The van der Waals surface area contributed by atoms with E-state index in [-0.39, 0.29) is 0 Å². The summed E-state index contributed by atoms with van der Waals surface area (Å²) in [4.78, 5) is 0. The molecule has 0 aliphatic carbocycles. The normalized spacial score (nSPS) is 14.3. The van der Waals surface area contributed by atoms with Crippen molar-refractivity contribution in [2.45, 2.75) is 32.2 Å². The number of nitriles is 1. The summed E-state index contributed by atoms with van der Waals surface area (Å²) in [6.45, 7) is 7.95. The van der Waals surface area contributed by atoms with E-state index < -0.39 is 13.9 Å². The first-order valence-electron chi connectivity index (χ1n) is 6.20. The van der Waals surface area contributed by atoms with Gasteiger partial charge in [0.15, 0.2) is 13.9 Å². The van der Waals surface area contributed by atoms with E-state index in [1.807, 2.05) is 30.3 Å². The van der Waals surface area contributed by atoms with Gasteiger partial charge in [0.25, 0.3) is 0 Å². The highest BCUT2D eigenvalue weighted by Gasteiger charge is 2.28. The lowest BCUT2D eigenvalue weighted by Gasteiger charge is -2.27. The highest BCUT2D eigenvalue weighted by atomic mass is 28.4. The maximum Gasteiger partial charge on any atom is 0.186 e. The molecule has 3 heteroatoms. The summed E-state index contributed by atoms with van der Waals surface area (Å²) in [5.41, 5.74) is 0.0625. The average molecular weight is 269 g/mol. The van der Waals surface area contributed by atoms with Crippen molar-refractivity contribution in [1.29, 1.82) is 5.26 Å². The molecule has 0 spiro atoms. The Morgan fingerprint density at radius 2 is 1.84 bits per heavy atom. The van der Waals surface area contributed by atoms with E-state index in [1.54, 1.807) is 19.1 Å². The zero-order valence-electron chi connectivity index (χ0n) is 11.9. The number of benzene rings is 1. The molecular formula is C16H19NOSi. The average Bonchev–Trinajstić information content (AvgIpc) is 2.34. The second-order valence-corrected chi connectivity index (χ2v) is 9.83. The predicted octanol–water partition coefficient (Wildman–Crippen LogP) is 3.73. The van der Waals surface area contributed by atoms with Crippen molar-refractivity contribution in [2.75, 3.05) is 0 Å². The van der Waals surface area contributed by atoms with Crippen LogP contribution in [-0.2, 0) is 4.43 Å². The second kappa shape index (κ2) is 6.38. The Bertz CT molecular complexity index is 540. The van der Waals surface area contributed by atoms with E-state index in [9.17, 15) is 5.26 Å². The van der Waals surface area contributed by atoms with Crippen LogP contribution < -0.4 is 0 Å². The van der Waals surface area contributed by atoms with Gasteiger partial charge in [0.05, 0.1) is 0 Å². The SMILES string of the molecule is C[C@@](C#N)(/C=C/C#Cc1ccccc1)O[Si](C)(C)C. The van der Waals surface area contributed by atoms with Gasteiger partial charge < -0.3 is 4.43 Å². The lowest BCUT2D eigenvalue weighted by Crippen LogP contribution is -2.38. The van der Waals surface area contributed by atoms with Gasteiger partial charge in [-0.2, -0.15) is 5.26 Å². The summed E-state index contributed by atoms with van der Waals surface area (Å²) >= 11 is 0. The Hall–Kier alpha value is -1.81. The van der Waals surface area contributed by atoms with Crippen LogP contribution in [-0.4, -0.2) is 13.9 Å². The zero-order valence-corrected chi connectivity index (χ0v) is 12.9. The Morgan fingerprint density at radius 1 is 1.21 bits per heavy atom. The molecule has 0 aromatic heterocycles. The van der Waals surface area contributed by atoms with Crippen LogP contribution in [0.4, 0.5) is 0 Å². The maximum atomic E-state index is 9.21. The van der Waals surface area contributed by atoms with Gasteiger partial charge in [-0.15, -0.1) is 0 Å². The van der Waals surface area contributed by atoms with Gasteiger partial charge >= 0.3 is 0 Å². The molecule has 1 atom stereocenters. The van der Waals surface area contributed by atoms with Gasteiger partial charge in [0.2, 0.25) is 0 Å². The van der Waals surface area contributed by atoms with Gasteiger partial charge in [-0.1, -0.05) is 30.0 Å². The van der Waals surface area contributed by atoms with Gasteiger partial charge in [0.1, 0.15) is 6.07 Å². The number of hydrogen-bond acceptors (Lipinski definition) is 2. The van der Waals surface area contributed by atoms with Gasteiger partial charge in [-0.25, -0.2) is 0 Å². The molecule has 0 fully saturated rings. The second-order valence-electron chi connectivity index (χ2n) is 5.40. The van der Waals surface area contributed by atoms with Crippen molar-refractivity contribution < 1.29 is 4.43 Å². The van der Waals surface area contributed by atoms with Crippen LogP contribution in [0.15, 0.2) is 42.5 Å². The summed E-state index contributed by atoms with van der Waals surface area (Å²) in [7, 11) is -1.76. The molecule has 1 rings (SSSR count). The first-order valence-corrected chi connectivity index (χ1v) is 9.61. The van der Waals surface area contributed by atoms with Crippen LogP contribution in [0.5, 0.6) is 0 Å². The minimum atomic E-state index is -1.76. The number of allylic oxidation sites excluding steroid dienone is 1. The van der Waals surface area contributed by atoms with Crippen LogP contribution in [0.2, 0.25) is 19.6 Å². The summed E-state index contributed by atoms with van der Waals surface area (Å²) < 4.78 is 5.85. The summed E-state index contributed by atoms with van der Waals surface area (Å²) in [6.07, 6.45) is 3.41. The van der Waals surface area contributed by atoms with Crippen molar-refractivity contribution in [3.63, 3.8) is 0 Å². The van der Waals surface area contributed by atoms with E-state index in [0.29, 0.717) is 0 Å². The van der Waals surface area contributed by atoms with Crippen LogP contribution in [0.25, 0.3) is 0 Å². The molecule has 0 bridgehead atoms. The molecule has 0 N–H and O–H groups in total. The predicted molar refractivity (Wildman–Crippen MR) is 80.9 cm³/mol. The molecule has 0 aliphatic rings. The number of rotatable bonds is 3. The fraction of sp³-hybridized carbons (Fsp3) is 0.312. The molecule has 19 heavy (non-hydrogen) atoms. The minimum Gasteiger partial charge on any atom is -0.397 e. The molecule has 98 valence electrons. The van der Waals surface area contributed by atoms with Crippen molar-refractivity contribution in [3.8, 4) is 17.9 Å². The molecule has 1 aromatic rings. The largest absolute Gasteiger partial charge is 0.397 e. The molecule has 1 aromatic carbocycles. The van der Waals surface area contributed by atoms with Gasteiger partial charge in [0, 0.05) is 5.56 Å². The van der Waals surface area contributed by atoms with Crippen LogP contribution >= 0.6 is 0 Å². The smallest absolute Gasteiger partial charge is 0.186 e. The van der Waals surface area contributed by atoms with E-state index in [4.69, 9.17) is 4.43 Å². The molecule has 0 saturated carbocycles. The lowest BCUT2D eigenvalue weighted by molar-refractivity contribution is 0.192. The molecule has 0 amide bonds. The highest BCUT2D eigenvalue weighted by molar-refractivity contribution is 6.69. The summed E-state index contributed by atoms with van der Waals surface area (Å²) in [6, 6.07) is 11.9. The minimum absolute atomic E-state index is 0.893. The van der Waals surface area contributed by atoms with Crippen molar-refractivity contribution in [2.24, 2.45) is 0 Å². The fourth-order valence-corrected chi connectivity index (χ4v) is 2.96. The van der Waals surface area contributed by atoms with Crippen LogP contribution in [0.3, 0.4) is 0 Å². The molecule has 0 aliphatic heterocycles. The monoisotopic (exact) mass is 269 g/mol. The Balaban J connectivity index is 2.75. The molecule has 0 saturated heterocycles. The third kappa shape index (κ3) is 6.06. The lowest BCUT2D eigenvalue weighted by atomic mass is 10.1. The maximum absolute atomic E-state index is 9.21. The van der Waals surface area contributed by atoms with E-state index in [1.165, 1.54) is 0 Å². The third-order valence-corrected chi connectivity index (χ3v) is 3.25. The topological polar surface area (TPSA) is 33.0 Å². The Kier molecular flexibility index (Phi) is 5.12. The van der Waals surface area contributed by atoms with Crippen LogP contribution in [0.1, 0.15) is 12.5 Å². The van der Waals surface area contributed by atoms with E-state index >= 15 is 0 Å². The summed E-state index contributed by atoms with van der Waals surface area (Å²) in [5.74, 6) is 5.94. The zero-order chi connectivity index (χ0) is 14.4. The van der Waals surface area contributed by atoms with Gasteiger partial charge in [-0.05, 0) is 50.8 Å². The highest BCUT2D eigenvalue weighted by Crippen LogP contribution is 2.18. The van der Waals surface area contributed by atoms with Crippen molar-refractivity contribution >= 4 is 8.32 Å². The molecular weight excluding hydrogens is 250 g/mol. The van der Waals surface area contributed by atoms with Gasteiger partial charge in [-0.3, -0.25) is 0 Å². The molecule has 2 nitrogen and oxygen atoms in total. The van der Waals surface area contributed by atoms with Crippen LogP contribution in [0, 0.1) is 23.2 Å². The molecule has 0 heterocycles.